The maximum absolute atomic E-state index is 8.52. The van der Waals surface area contributed by atoms with E-state index < -0.39 is 11.2 Å². The smallest absolute Gasteiger partial charge is 0.0949 e. The van der Waals surface area contributed by atoms with Crippen molar-refractivity contribution >= 4 is 0 Å². The molecule has 0 aromatic carbocycles. The zero-order valence-corrected chi connectivity index (χ0v) is 15.1. The highest BCUT2D eigenvalue weighted by atomic mass is 17.1. The van der Waals surface area contributed by atoms with Gasteiger partial charge in [0.15, 0.2) is 0 Å². The first-order chi connectivity index (χ1) is 8.50. The van der Waals surface area contributed by atoms with E-state index in [1.165, 1.54) is 5.57 Å². The third-order valence-corrected chi connectivity index (χ3v) is 0.996. The molecule has 0 spiro atoms. The highest BCUT2D eigenvalue weighted by Crippen LogP contribution is 2.23. The first-order valence-electron chi connectivity index (χ1n) is 6.81. The van der Waals surface area contributed by atoms with Crippen molar-refractivity contribution in [2.24, 2.45) is 0 Å². The second kappa shape index (κ2) is 10.3. The fraction of sp³-hybridized carbons (Fsp3) is 0.875. The highest BCUT2D eigenvalue weighted by Gasteiger charge is 2.32. The van der Waals surface area contributed by atoms with Crippen LogP contribution in [0.5, 0.6) is 0 Å². The molecule has 0 aliphatic carbocycles. The maximum atomic E-state index is 8.52. The fourth-order valence-electron chi connectivity index (χ4n) is 0.144. The van der Waals surface area contributed by atoms with Crippen molar-refractivity contribution in [2.45, 2.75) is 86.0 Å². The summed E-state index contributed by atoms with van der Waals surface area (Å²) in [5.74, 6) is 0. The monoisotopic (exact) mass is 292 g/mol. The average molecular weight is 292 g/mol. The Balaban J connectivity index is -0.000000195. The SMILES string of the molecule is C=C(C)C.CC(C)(C)O.CC(C)(C)OO.CC1(C)CO1. The number of hydrogen-bond donors (Lipinski definition) is 2. The van der Waals surface area contributed by atoms with Crippen LogP contribution in [0.25, 0.3) is 0 Å². The lowest BCUT2D eigenvalue weighted by Gasteiger charge is -2.10. The Morgan fingerprint density at radius 2 is 1.20 bits per heavy atom. The van der Waals surface area contributed by atoms with Crippen molar-refractivity contribution in [1.29, 1.82) is 0 Å². The number of aliphatic hydroxyl groups is 1. The Bertz CT molecular complexity index is 224. The van der Waals surface area contributed by atoms with Gasteiger partial charge in [-0.25, -0.2) is 4.89 Å². The number of ether oxygens (including phenoxy) is 1. The van der Waals surface area contributed by atoms with E-state index in [4.69, 9.17) is 15.1 Å². The summed E-state index contributed by atoms with van der Waals surface area (Å²) < 4.78 is 4.90. The van der Waals surface area contributed by atoms with E-state index in [-0.39, 0.29) is 5.60 Å². The van der Waals surface area contributed by atoms with Crippen LogP contribution in [0.3, 0.4) is 0 Å². The number of epoxide rings is 1. The van der Waals surface area contributed by atoms with E-state index in [1.54, 1.807) is 41.5 Å². The molecule has 1 aliphatic rings. The second-order valence-electron chi connectivity index (χ2n) is 7.63. The lowest BCUT2D eigenvalue weighted by Crippen LogP contribution is -2.15. The summed E-state index contributed by atoms with van der Waals surface area (Å²) in [7, 11) is 0. The van der Waals surface area contributed by atoms with Gasteiger partial charge in [-0.1, -0.05) is 5.57 Å². The molecule has 1 heterocycles. The second-order valence-corrected chi connectivity index (χ2v) is 7.63. The Morgan fingerprint density at radius 3 is 1.20 bits per heavy atom. The molecule has 0 unspecified atom stereocenters. The minimum atomic E-state index is -0.500. The van der Waals surface area contributed by atoms with E-state index >= 15 is 0 Å². The largest absolute Gasteiger partial charge is 0.391 e. The molecular weight excluding hydrogens is 256 g/mol. The minimum Gasteiger partial charge on any atom is -0.391 e. The van der Waals surface area contributed by atoms with Gasteiger partial charge in [0.05, 0.1) is 23.4 Å². The molecule has 0 amide bonds. The van der Waals surface area contributed by atoms with Crippen LogP contribution >= 0.6 is 0 Å². The van der Waals surface area contributed by atoms with Crippen molar-refractivity contribution in [2.75, 3.05) is 6.61 Å². The van der Waals surface area contributed by atoms with Crippen molar-refractivity contribution in [1.82, 2.24) is 0 Å². The van der Waals surface area contributed by atoms with Crippen LogP contribution in [0.2, 0.25) is 0 Å². The Labute approximate surface area is 125 Å². The van der Waals surface area contributed by atoms with Gasteiger partial charge in [0.1, 0.15) is 0 Å². The van der Waals surface area contributed by atoms with E-state index in [0.29, 0.717) is 0 Å². The van der Waals surface area contributed by atoms with Crippen molar-refractivity contribution in [3.05, 3.63) is 12.2 Å². The van der Waals surface area contributed by atoms with Gasteiger partial charge in [-0.2, -0.15) is 0 Å². The number of allylic oxidation sites excluding steroid dienone is 1. The Kier molecular flexibility index (Phi) is 12.7. The van der Waals surface area contributed by atoms with Crippen LogP contribution in [0.4, 0.5) is 0 Å². The third-order valence-electron chi connectivity index (χ3n) is 0.996. The van der Waals surface area contributed by atoms with E-state index in [1.807, 2.05) is 13.8 Å². The molecule has 124 valence electrons. The predicted octanol–water partition coefficient (Wildman–Crippen LogP) is 4.43. The van der Waals surface area contributed by atoms with Gasteiger partial charge in [0, 0.05) is 0 Å². The molecule has 20 heavy (non-hydrogen) atoms. The van der Waals surface area contributed by atoms with Crippen LogP contribution in [0.1, 0.15) is 69.2 Å². The standard InChI is InChI=1S/C4H10O2.C4H8O.C4H10O.C4H8/c1-4(2,3)6-5;1-4(2)3-5-4;1-4(2,3)5;1-4(2)3/h5H,1-3H3;3H2,1-2H3;5H,1-3H3;1H2,2-3H3. The lowest BCUT2D eigenvalue weighted by molar-refractivity contribution is -0.306. The van der Waals surface area contributed by atoms with Crippen LogP contribution in [0.15, 0.2) is 12.2 Å². The molecule has 0 aromatic heterocycles. The average Bonchev–Trinajstić information content (AvgIpc) is 2.77. The first kappa shape index (κ1) is 24.6. The van der Waals surface area contributed by atoms with Gasteiger partial charge >= 0.3 is 0 Å². The quantitative estimate of drug-likeness (QED) is 0.300. The summed E-state index contributed by atoms with van der Waals surface area (Å²) in [4.78, 5) is 3.94. The van der Waals surface area contributed by atoms with Gasteiger partial charge in [0.2, 0.25) is 0 Å². The summed E-state index contributed by atoms with van der Waals surface area (Å²) in [5, 5.41) is 16.4. The molecule has 2 N–H and O–H groups in total. The molecule has 0 saturated carbocycles. The summed E-state index contributed by atoms with van der Waals surface area (Å²) in [6, 6.07) is 0. The lowest BCUT2D eigenvalue weighted by atomic mass is 10.2. The van der Waals surface area contributed by atoms with Gasteiger partial charge < -0.3 is 9.84 Å². The molecule has 0 radical (unpaired) electrons. The number of rotatable bonds is 0. The van der Waals surface area contributed by atoms with Gasteiger partial charge in [-0.3, -0.25) is 5.26 Å². The minimum absolute atomic E-state index is 0.250. The summed E-state index contributed by atoms with van der Waals surface area (Å²) in [6.45, 7) is 23.1. The number of hydrogen-bond acceptors (Lipinski definition) is 4. The molecule has 0 bridgehead atoms. The van der Waals surface area contributed by atoms with Crippen LogP contribution < -0.4 is 0 Å². The maximum Gasteiger partial charge on any atom is 0.0949 e. The molecule has 1 rings (SSSR count). The fourth-order valence-corrected chi connectivity index (χ4v) is 0.144. The third kappa shape index (κ3) is 84.1. The molecule has 1 saturated heterocycles. The normalized spacial score (nSPS) is 15.4. The van der Waals surface area contributed by atoms with Crippen molar-refractivity contribution in [3.8, 4) is 0 Å². The Morgan fingerprint density at radius 1 is 1.10 bits per heavy atom. The van der Waals surface area contributed by atoms with Crippen LogP contribution in [-0.2, 0) is 9.62 Å². The molecule has 1 fully saturated rings. The molecular formula is C16H36O4. The van der Waals surface area contributed by atoms with Crippen molar-refractivity contribution in [3.63, 3.8) is 0 Å². The molecule has 0 atom stereocenters. The van der Waals surface area contributed by atoms with E-state index in [9.17, 15) is 0 Å². The topological polar surface area (TPSA) is 62.2 Å². The van der Waals surface area contributed by atoms with Gasteiger partial charge in [-0.15, -0.1) is 6.58 Å². The van der Waals surface area contributed by atoms with Crippen LogP contribution in [-0.4, -0.2) is 33.8 Å². The Hall–Kier alpha value is -0.420. The van der Waals surface area contributed by atoms with Gasteiger partial charge in [-0.05, 0) is 69.2 Å². The zero-order chi connectivity index (χ0) is 17.2. The summed E-state index contributed by atoms with van der Waals surface area (Å²) >= 11 is 0. The highest BCUT2D eigenvalue weighted by molar-refractivity contribution is 4.79. The molecule has 0 aromatic rings. The summed E-state index contributed by atoms with van der Waals surface area (Å²) in [5.41, 5.74) is 0.514. The molecule has 4 nitrogen and oxygen atoms in total. The predicted molar refractivity (Wildman–Crippen MR) is 86.0 cm³/mol. The summed E-state index contributed by atoms with van der Waals surface area (Å²) in [6.07, 6.45) is 0. The molecule has 1 aliphatic heterocycles. The first-order valence-corrected chi connectivity index (χ1v) is 6.81. The van der Waals surface area contributed by atoms with Crippen molar-refractivity contribution < 1.29 is 20.0 Å². The van der Waals surface area contributed by atoms with Crippen LogP contribution in [0, 0.1) is 0 Å². The molecule has 4 heteroatoms. The van der Waals surface area contributed by atoms with E-state index in [0.717, 1.165) is 6.61 Å². The van der Waals surface area contributed by atoms with Gasteiger partial charge in [0.25, 0.3) is 0 Å². The van der Waals surface area contributed by atoms with E-state index in [2.05, 4.69) is 25.3 Å². The zero-order valence-electron chi connectivity index (χ0n) is 15.1.